The van der Waals surface area contributed by atoms with Crippen molar-refractivity contribution in [1.82, 2.24) is 9.61 Å². The normalized spacial score (nSPS) is 13.5. The molecule has 3 aromatic rings. The van der Waals surface area contributed by atoms with Crippen LogP contribution in [0.1, 0.15) is 43.5 Å². The van der Waals surface area contributed by atoms with Crippen molar-refractivity contribution >= 4 is 5.52 Å². The minimum atomic E-state index is -0.154. The highest BCUT2D eigenvalue weighted by molar-refractivity contribution is 5.57. The van der Waals surface area contributed by atoms with Gasteiger partial charge in [0.15, 0.2) is 0 Å². The van der Waals surface area contributed by atoms with Gasteiger partial charge in [-0.1, -0.05) is 51.1 Å². The van der Waals surface area contributed by atoms with E-state index in [1.807, 2.05) is 35.1 Å². The van der Waals surface area contributed by atoms with Crippen molar-refractivity contribution in [1.29, 1.82) is 0 Å². The number of pyridine rings is 1. The van der Waals surface area contributed by atoms with E-state index in [-0.39, 0.29) is 11.5 Å². The lowest BCUT2D eigenvalue weighted by Crippen LogP contribution is -2.14. The Morgan fingerprint density at radius 1 is 1.05 bits per heavy atom. The van der Waals surface area contributed by atoms with Crippen molar-refractivity contribution in [3.63, 3.8) is 0 Å². The molecular formula is C18H21N3. The van der Waals surface area contributed by atoms with E-state index in [2.05, 4.69) is 50.1 Å². The van der Waals surface area contributed by atoms with Crippen molar-refractivity contribution in [2.75, 3.05) is 0 Å². The molecule has 0 spiro atoms. The maximum atomic E-state index is 6.43. The second-order valence-electron chi connectivity index (χ2n) is 6.48. The summed E-state index contributed by atoms with van der Waals surface area (Å²) in [6.45, 7) is 6.65. The fraction of sp³-hybridized carbons (Fsp3) is 0.278. The van der Waals surface area contributed by atoms with Crippen LogP contribution in [0.4, 0.5) is 0 Å². The molecule has 0 bridgehead atoms. The molecule has 0 aliphatic carbocycles. The zero-order valence-corrected chi connectivity index (χ0v) is 12.7. The van der Waals surface area contributed by atoms with Gasteiger partial charge >= 0.3 is 0 Å². The third kappa shape index (κ3) is 2.57. The number of hydrogen-bond donors (Lipinski definition) is 1. The Hall–Kier alpha value is -2.13. The number of hydrogen-bond acceptors (Lipinski definition) is 2. The standard InChI is InChI=1S/C18H21N3/c1-18(2,3)14-9-7-13(8-10-14)17(19)15-12-20-21-11-5-4-6-16(15)21/h4-12,17H,19H2,1-3H3. The summed E-state index contributed by atoms with van der Waals surface area (Å²) in [5, 5.41) is 4.36. The van der Waals surface area contributed by atoms with Crippen LogP contribution in [0.25, 0.3) is 5.52 Å². The van der Waals surface area contributed by atoms with E-state index in [4.69, 9.17) is 5.73 Å². The molecule has 0 fully saturated rings. The number of aromatic nitrogens is 2. The molecular weight excluding hydrogens is 258 g/mol. The van der Waals surface area contributed by atoms with Gasteiger partial charge in [-0.05, 0) is 28.7 Å². The van der Waals surface area contributed by atoms with Crippen molar-refractivity contribution < 1.29 is 0 Å². The Morgan fingerprint density at radius 2 is 1.76 bits per heavy atom. The first-order valence-electron chi connectivity index (χ1n) is 7.25. The molecule has 2 N–H and O–H groups in total. The van der Waals surface area contributed by atoms with Gasteiger partial charge in [-0.25, -0.2) is 4.52 Å². The Balaban J connectivity index is 1.97. The molecule has 3 heteroatoms. The summed E-state index contributed by atoms with van der Waals surface area (Å²) in [5.74, 6) is 0. The first-order valence-corrected chi connectivity index (χ1v) is 7.25. The van der Waals surface area contributed by atoms with Crippen LogP contribution in [0, 0.1) is 0 Å². The molecule has 2 aromatic heterocycles. The fourth-order valence-corrected chi connectivity index (χ4v) is 2.56. The number of benzene rings is 1. The van der Waals surface area contributed by atoms with Gasteiger partial charge in [-0.15, -0.1) is 0 Å². The lowest BCUT2D eigenvalue weighted by Gasteiger charge is -2.20. The van der Waals surface area contributed by atoms with Crippen molar-refractivity contribution in [2.24, 2.45) is 5.73 Å². The van der Waals surface area contributed by atoms with E-state index < -0.39 is 0 Å². The van der Waals surface area contributed by atoms with Crippen LogP contribution in [0.2, 0.25) is 0 Å². The zero-order chi connectivity index (χ0) is 15.0. The molecule has 0 radical (unpaired) electrons. The molecule has 3 nitrogen and oxygen atoms in total. The quantitative estimate of drug-likeness (QED) is 0.777. The van der Waals surface area contributed by atoms with Gasteiger partial charge in [0, 0.05) is 11.8 Å². The summed E-state index contributed by atoms with van der Waals surface area (Å²) in [6.07, 6.45) is 3.80. The van der Waals surface area contributed by atoms with Gasteiger partial charge in [0.2, 0.25) is 0 Å². The van der Waals surface area contributed by atoms with Crippen LogP contribution < -0.4 is 5.73 Å². The Labute approximate surface area is 125 Å². The lowest BCUT2D eigenvalue weighted by molar-refractivity contribution is 0.589. The maximum Gasteiger partial charge on any atom is 0.0712 e. The first kappa shape index (κ1) is 13.8. The van der Waals surface area contributed by atoms with Crippen LogP contribution in [-0.4, -0.2) is 9.61 Å². The Bertz CT molecular complexity index is 748. The molecule has 2 heterocycles. The Kier molecular flexibility index (Phi) is 3.30. The summed E-state index contributed by atoms with van der Waals surface area (Å²) in [4.78, 5) is 0. The molecule has 0 saturated carbocycles. The van der Waals surface area contributed by atoms with Gasteiger partial charge < -0.3 is 5.73 Å². The van der Waals surface area contributed by atoms with Gasteiger partial charge in [0.1, 0.15) is 0 Å². The van der Waals surface area contributed by atoms with E-state index in [1.165, 1.54) is 5.56 Å². The second-order valence-corrected chi connectivity index (χ2v) is 6.48. The number of nitrogens with two attached hydrogens (primary N) is 1. The number of fused-ring (bicyclic) bond motifs is 1. The van der Waals surface area contributed by atoms with E-state index >= 15 is 0 Å². The number of rotatable bonds is 2. The molecule has 0 aliphatic heterocycles. The summed E-state index contributed by atoms with van der Waals surface area (Å²) in [7, 11) is 0. The van der Waals surface area contributed by atoms with Gasteiger partial charge in [-0.3, -0.25) is 0 Å². The van der Waals surface area contributed by atoms with Crippen molar-refractivity contribution in [2.45, 2.75) is 32.2 Å². The summed E-state index contributed by atoms with van der Waals surface area (Å²) < 4.78 is 1.86. The monoisotopic (exact) mass is 279 g/mol. The molecule has 108 valence electrons. The smallest absolute Gasteiger partial charge is 0.0712 e. The highest BCUT2D eigenvalue weighted by atomic mass is 15.2. The van der Waals surface area contributed by atoms with Crippen LogP contribution in [0.5, 0.6) is 0 Å². The summed E-state index contributed by atoms with van der Waals surface area (Å²) in [5.41, 5.74) is 11.1. The molecule has 1 unspecified atom stereocenters. The SMILES string of the molecule is CC(C)(C)c1ccc(C(N)c2cnn3ccccc23)cc1. The minimum absolute atomic E-state index is 0.154. The second kappa shape index (κ2) is 5.01. The highest BCUT2D eigenvalue weighted by Gasteiger charge is 2.17. The average molecular weight is 279 g/mol. The van der Waals surface area contributed by atoms with E-state index in [0.29, 0.717) is 0 Å². The van der Waals surface area contributed by atoms with Gasteiger partial charge in [0.05, 0.1) is 17.8 Å². The van der Waals surface area contributed by atoms with Crippen LogP contribution in [0.15, 0.2) is 54.9 Å². The predicted octanol–water partition coefficient (Wildman–Crippen LogP) is 3.68. The van der Waals surface area contributed by atoms with Crippen molar-refractivity contribution in [3.8, 4) is 0 Å². The van der Waals surface area contributed by atoms with E-state index in [0.717, 1.165) is 16.6 Å². The van der Waals surface area contributed by atoms with Gasteiger partial charge in [-0.2, -0.15) is 5.10 Å². The molecule has 0 amide bonds. The largest absolute Gasteiger partial charge is 0.320 e. The summed E-state index contributed by atoms with van der Waals surface area (Å²) >= 11 is 0. The van der Waals surface area contributed by atoms with Crippen molar-refractivity contribution in [3.05, 3.63) is 71.5 Å². The predicted molar refractivity (Wildman–Crippen MR) is 86.4 cm³/mol. The molecule has 0 aliphatic rings. The zero-order valence-electron chi connectivity index (χ0n) is 12.7. The summed E-state index contributed by atoms with van der Waals surface area (Å²) in [6, 6.07) is 14.4. The molecule has 0 saturated heterocycles. The third-order valence-electron chi connectivity index (χ3n) is 3.93. The fourth-order valence-electron chi connectivity index (χ4n) is 2.56. The van der Waals surface area contributed by atoms with Crippen LogP contribution in [0.3, 0.4) is 0 Å². The molecule has 1 atom stereocenters. The molecule has 3 rings (SSSR count). The Morgan fingerprint density at radius 3 is 2.43 bits per heavy atom. The first-order chi connectivity index (χ1) is 9.97. The average Bonchev–Trinajstić information content (AvgIpc) is 2.90. The molecule has 1 aromatic carbocycles. The maximum absolute atomic E-state index is 6.43. The van der Waals surface area contributed by atoms with Gasteiger partial charge in [0.25, 0.3) is 0 Å². The lowest BCUT2D eigenvalue weighted by atomic mass is 9.86. The van der Waals surface area contributed by atoms with Crippen LogP contribution in [-0.2, 0) is 5.41 Å². The topological polar surface area (TPSA) is 43.3 Å². The minimum Gasteiger partial charge on any atom is -0.320 e. The van der Waals surface area contributed by atoms with E-state index in [1.54, 1.807) is 0 Å². The number of nitrogens with zero attached hydrogens (tertiary/aromatic N) is 2. The van der Waals surface area contributed by atoms with E-state index in [9.17, 15) is 0 Å². The van der Waals surface area contributed by atoms with Crippen LogP contribution >= 0.6 is 0 Å². The molecule has 21 heavy (non-hydrogen) atoms. The third-order valence-corrected chi connectivity index (χ3v) is 3.93. The highest BCUT2D eigenvalue weighted by Crippen LogP contribution is 2.27.